The molecule has 2 aromatic rings. The number of carbonyl (C=O) groups excluding carboxylic acids is 2. The number of carbonyl (C=O) groups is 2. The maximum absolute atomic E-state index is 13.7. The van der Waals surface area contributed by atoms with Crippen molar-refractivity contribution in [1.82, 2.24) is 0 Å². The van der Waals surface area contributed by atoms with E-state index in [0.29, 0.717) is 36.5 Å². The van der Waals surface area contributed by atoms with Gasteiger partial charge < -0.3 is 9.47 Å². The molecule has 0 aromatic heterocycles. The Morgan fingerprint density at radius 3 is 2.45 bits per heavy atom. The van der Waals surface area contributed by atoms with Crippen molar-refractivity contribution in [2.24, 2.45) is 10.9 Å². The van der Waals surface area contributed by atoms with E-state index in [9.17, 15) is 9.59 Å². The molecule has 1 heterocycles. The summed E-state index contributed by atoms with van der Waals surface area (Å²) < 4.78 is 11.5. The lowest BCUT2D eigenvalue weighted by Crippen LogP contribution is -2.41. The van der Waals surface area contributed by atoms with E-state index < -0.39 is 17.8 Å². The third-order valence-corrected chi connectivity index (χ3v) is 6.44. The molecule has 2 aliphatic rings. The van der Waals surface area contributed by atoms with Crippen molar-refractivity contribution in [1.29, 1.82) is 0 Å². The van der Waals surface area contributed by atoms with Crippen molar-refractivity contribution in [3.05, 3.63) is 77.0 Å². The molecule has 0 spiro atoms. The maximum Gasteiger partial charge on any atom is 0.336 e. The van der Waals surface area contributed by atoms with Gasteiger partial charge in [-0.15, -0.1) is 0 Å². The van der Waals surface area contributed by atoms with Gasteiger partial charge in [0.2, 0.25) is 0 Å². The van der Waals surface area contributed by atoms with Crippen LogP contribution in [0, 0.1) is 5.92 Å². The Morgan fingerprint density at radius 2 is 1.73 bits per heavy atom. The highest BCUT2D eigenvalue weighted by Gasteiger charge is 2.46. The summed E-state index contributed by atoms with van der Waals surface area (Å²) in [6.45, 7) is 6.51. The number of benzene rings is 2. The molecule has 0 amide bonds. The van der Waals surface area contributed by atoms with Crippen LogP contribution in [-0.4, -0.2) is 30.7 Å². The lowest BCUT2D eigenvalue weighted by atomic mass is 9.66. The highest BCUT2D eigenvalue weighted by Crippen LogP contribution is 2.48. The summed E-state index contributed by atoms with van der Waals surface area (Å²) in [5, 5.41) is 0. The lowest BCUT2D eigenvalue weighted by molar-refractivity contribution is -0.139. The van der Waals surface area contributed by atoms with Gasteiger partial charge in [-0.05, 0) is 44.2 Å². The number of hydrogen-bond acceptors (Lipinski definition) is 5. The van der Waals surface area contributed by atoms with E-state index in [-0.39, 0.29) is 18.3 Å². The lowest BCUT2D eigenvalue weighted by Gasteiger charge is -2.38. The molecule has 2 aromatic carbocycles. The summed E-state index contributed by atoms with van der Waals surface area (Å²) in [5.74, 6) is -0.450. The average Bonchev–Trinajstić information content (AvgIpc) is 2.82. The van der Waals surface area contributed by atoms with Gasteiger partial charge >= 0.3 is 5.97 Å². The van der Waals surface area contributed by atoms with Gasteiger partial charge in [0, 0.05) is 29.3 Å². The van der Waals surface area contributed by atoms with Gasteiger partial charge in [0.15, 0.2) is 0 Å². The Kier molecular flexibility index (Phi) is 7.07. The van der Waals surface area contributed by atoms with Crippen LogP contribution in [-0.2, 0) is 14.3 Å². The number of aliphatic imine (C=N–C) groups is 1. The fourth-order valence-electron chi connectivity index (χ4n) is 5.03. The standard InChI is InChI=1S/C28H31NO4/c1-4-15-33-24-14-10-9-13-21(24)26-25(28(31)32-5-2)18(3)29-22-16-20(17-23(30)27(22)26)19-11-7-6-8-12-19/h6-14,20,26-27H,4-5,15-17H2,1-3H3/t20-,26+,27?/m1/s1. The van der Waals surface area contributed by atoms with E-state index in [4.69, 9.17) is 14.5 Å². The Bertz CT molecular complexity index is 1090. The molecule has 1 saturated carbocycles. The number of Topliss-reactive ketones (excluding diaryl/α,β-unsaturated/α-hetero) is 1. The van der Waals surface area contributed by atoms with Crippen LogP contribution in [0.4, 0.5) is 0 Å². The first-order valence-corrected chi connectivity index (χ1v) is 11.8. The number of ketones is 1. The van der Waals surface area contributed by atoms with Gasteiger partial charge in [-0.2, -0.15) is 0 Å². The fourth-order valence-corrected chi connectivity index (χ4v) is 5.03. The van der Waals surface area contributed by atoms with Crippen molar-refractivity contribution in [2.75, 3.05) is 13.2 Å². The number of esters is 1. The van der Waals surface area contributed by atoms with E-state index in [0.717, 1.165) is 23.3 Å². The molecule has 1 fully saturated rings. The van der Waals surface area contributed by atoms with Crippen LogP contribution in [0.25, 0.3) is 0 Å². The van der Waals surface area contributed by atoms with Crippen LogP contribution in [0.3, 0.4) is 0 Å². The molecular weight excluding hydrogens is 414 g/mol. The number of nitrogens with zero attached hydrogens (tertiary/aromatic N) is 1. The molecular formula is C28H31NO4. The predicted molar refractivity (Wildman–Crippen MR) is 129 cm³/mol. The molecule has 172 valence electrons. The minimum atomic E-state index is -0.487. The van der Waals surface area contributed by atoms with E-state index in [2.05, 4.69) is 19.1 Å². The van der Waals surface area contributed by atoms with Gasteiger partial charge in [0.05, 0.1) is 24.7 Å². The quantitative estimate of drug-likeness (QED) is 0.519. The Morgan fingerprint density at radius 1 is 1.00 bits per heavy atom. The van der Waals surface area contributed by atoms with E-state index >= 15 is 0 Å². The second-order valence-electron chi connectivity index (χ2n) is 8.65. The van der Waals surface area contributed by atoms with E-state index in [1.165, 1.54) is 0 Å². The summed E-state index contributed by atoms with van der Waals surface area (Å²) in [6.07, 6.45) is 1.99. The van der Waals surface area contributed by atoms with Crippen LogP contribution in [0.2, 0.25) is 0 Å². The number of fused-ring (bicyclic) bond motifs is 1. The molecule has 1 aliphatic heterocycles. The largest absolute Gasteiger partial charge is 0.493 e. The Hall–Kier alpha value is -3.21. The maximum atomic E-state index is 13.7. The van der Waals surface area contributed by atoms with Gasteiger partial charge in [-0.25, -0.2) is 4.79 Å². The SMILES string of the molecule is CCCOc1ccccc1[C@H]1C(C(=O)OCC)=C(C)N=C2C[C@@H](c3ccccc3)CC(=O)C21. The second-order valence-corrected chi connectivity index (χ2v) is 8.65. The van der Waals surface area contributed by atoms with Crippen molar-refractivity contribution in [3.63, 3.8) is 0 Å². The first-order chi connectivity index (χ1) is 16.0. The number of para-hydroxylation sites is 1. The zero-order valence-electron chi connectivity index (χ0n) is 19.5. The Labute approximate surface area is 195 Å². The van der Waals surface area contributed by atoms with Gasteiger partial charge in [-0.1, -0.05) is 55.5 Å². The van der Waals surface area contributed by atoms with Crippen LogP contribution in [0.5, 0.6) is 5.75 Å². The zero-order chi connectivity index (χ0) is 23.4. The molecule has 1 unspecified atom stereocenters. The summed E-state index contributed by atoms with van der Waals surface area (Å²) in [5.41, 5.74) is 3.92. The summed E-state index contributed by atoms with van der Waals surface area (Å²) in [4.78, 5) is 31.6. The molecule has 0 radical (unpaired) electrons. The number of hydrogen-bond donors (Lipinski definition) is 0. The van der Waals surface area contributed by atoms with Crippen molar-refractivity contribution >= 4 is 17.5 Å². The summed E-state index contributed by atoms with van der Waals surface area (Å²) >= 11 is 0. The Balaban J connectivity index is 1.81. The van der Waals surface area contributed by atoms with Crippen LogP contribution >= 0.6 is 0 Å². The molecule has 3 atom stereocenters. The molecule has 0 bridgehead atoms. The van der Waals surface area contributed by atoms with Crippen LogP contribution < -0.4 is 4.74 Å². The highest BCUT2D eigenvalue weighted by atomic mass is 16.5. The smallest absolute Gasteiger partial charge is 0.336 e. The van der Waals surface area contributed by atoms with Crippen molar-refractivity contribution in [2.45, 2.75) is 51.9 Å². The molecule has 33 heavy (non-hydrogen) atoms. The normalized spacial score (nSPS) is 22.5. The minimum absolute atomic E-state index is 0.0953. The van der Waals surface area contributed by atoms with E-state index in [1.54, 1.807) is 6.92 Å². The van der Waals surface area contributed by atoms with Gasteiger partial charge in [-0.3, -0.25) is 9.79 Å². The average molecular weight is 446 g/mol. The molecule has 4 rings (SSSR count). The third-order valence-electron chi connectivity index (χ3n) is 6.44. The predicted octanol–water partition coefficient (Wildman–Crippen LogP) is 5.61. The zero-order valence-corrected chi connectivity index (χ0v) is 19.5. The summed E-state index contributed by atoms with van der Waals surface area (Å²) in [6, 6.07) is 17.8. The number of rotatable bonds is 7. The molecule has 5 nitrogen and oxygen atoms in total. The van der Waals surface area contributed by atoms with E-state index in [1.807, 2.05) is 49.4 Å². The highest BCUT2D eigenvalue weighted by molar-refractivity contribution is 6.12. The molecule has 0 N–H and O–H groups in total. The molecule has 0 saturated heterocycles. The van der Waals surface area contributed by atoms with Gasteiger partial charge in [0.25, 0.3) is 0 Å². The molecule has 1 aliphatic carbocycles. The first-order valence-electron chi connectivity index (χ1n) is 11.8. The monoisotopic (exact) mass is 445 g/mol. The van der Waals surface area contributed by atoms with Crippen molar-refractivity contribution in [3.8, 4) is 5.75 Å². The number of allylic oxidation sites excluding steroid dienone is 1. The second kappa shape index (κ2) is 10.2. The van der Waals surface area contributed by atoms with Crippen LogP contribution in [0.15, 0.2) is 70.9 Å². The van der Waals surface area contributed by atoms with Gasteiger partial charge in [0.1, 0.15) is 11.5 Å². The minimum Gasteiger partial charge on any atom is -0.493 e. The first kappa shape index (κ1) is 23.0. The molecule has 5 heteroatoms. The third kappa shape index (κ3) is 4.63. The van der Waals surface area contributed by atoms with Crippen molar-refractivity contribution < 1.29 is 19.1 Å². The number of ether oxygens (including phenoxy) is 2. The van der Waals surface area contributed by atoms with Crippen LogP contribution in [0.1, 0.15) is 63.0 Å². The summed E-state index contributed by atoms with van der Waals surface area (Å²) in [7, 11) is 0. The fraction of sp³-hybridized carbons (Fsp3) is 0.393. The topological polar surface area (TPSA) is 65.0 Å².